The van der Waals surface area contributed by atoms with Crippen molar-refractivity contribution in [3.63, 3.8) is 0 Å². The third-order valence-corrected chi connectivity index (χ3v) is 2.30. The number of rotatable bonds is 1. The first-order valence-corrected chi connectivity index (χ1v) is 5.45. The Bertz CT molecular complexity index is 562. The van der Waals surface area contributed by atoms with E-state index in [0.717, 1.165) is 6.07 Å². The van der Waals surface area contributed by atoms with Gasteiger partial charge in [0.25, 0.3) is 0 Å². The highest BCUT2D eigenvalue weighted by Gasteiger charge is 1.97. The van der Waals surface area contributed by atoms with E-state index in [1.54, 1.807) is 12.1 Å². The van der Waals surface area contributed by atoms with E-state index in [1.165, 1.54) is 18.2 Å². The minimum absolute atomic E-state index is 0.205. The fraction of sp³-hybridized carbons (Fsp3) is 0.0769. The van der Waals surface area contributed by atoms with Gasteiger partial charge < -0.3 is 27.4 Å². The molecule has 0 radical (unpaired) electrons. The lowest BCUT2D eigenvalue weighted by Gasteiger charge is -2.00. The number of anilines is 2. The van der Waals surface area contributed by atoms with Crippen LogP contribution in [-0.4, -0.2) is 10.2 Å². The van der Waals surface area contributed by atoms with E-state index >= 15 is 0 Å². The van der Waals surface area contributed by atoms with E-state index in [2.05, 4.69) is 0 Å². The lowest BCUT2D eigenvalue weighted by atomic mass is 10.2. The van der Waals surface area contributed by atoms with Gasteiger partial charge in [-0.05, 0) is 30.3 Å². The molecule has 0 atom stereocenters. The number of nitrogen functional groups attached to an aromatic ring is 2. The van der Waals surface area contributed by atoms with Crippen LogP contribution in [0.25, 0.3) is 0 Å². The van der Waals surface area contributed by atoms with E-state index in [-0.39, 0.29) is 11.5 Å². The second-order valence-electron chi connectivity index (χ2n) is 3.80. The Hall–Kier alpha value is -2.47. The summed E-state index contributed by atoms with van der Waals surface area (Å²) in [5, 5.41) is 17.7. The molecule has 0 bridgehead atoms. The number of hydrogen-bond acceptors (Lipinski definition) is 5. The summed E-state index contributed by atoms with van der Waals surface area (Å²) in [7, 11) is 0. The van der Waals surface area contributed by atoms with E-state index in [9.17, 15) is 4.39 Å². The minimum Gasteiger partial charge on any atom is -0.508 e. The second kappa shape index (κ2) is 6.46. The summed E-state index contributed by atoms with van der Waals surface area (Å²) in [6.07, 6.45) is 0. The monoisotopic (exact) mass is 265 g/mol. The molecular weight excluding hydrogens is 249 g/mol. The van der Waals surface area contributed by atoms with Crippen LogP contribution in [0.5, 0.6) is 11.5 Å². The Morgan fingerprint density at radius 1 is 0.895 bits per heavy atom. The molecule has 0 unspecified atom stereocenters. The van der Waals surface area contributed by atoms with Crippen LogP contribution in [0.15, 0.2) is 36.4 Å². The molecule has 2 aromatic carbocycles. The van der Waals surface area contributed by atoms with Gasteiger partial charge in [0.2, 0.25) is 0 Å². The summed E-state index contributed by atoms with van der Waals surface area (Å²) in [4.78, 5) is 0. The summed E-state index contributed by atoms with van der Waals surface area (Å²) < 4.78 is 12.2. The van der Waals surface area contributed by atoms with Gasteiger partial charge in [-0.2, -0.15) is 0 Å². The molecule has 6 heteroatoms. The predicted octanol–water partition coefficient (Wildman–Crippen LogP) is 1.55. The van der Waals surface area contributed by atoms with Crippen molar-refractivity contribution in [3.05, 3.63) is 47.8 Å². The molecule has 0 saturated carbocycles. The van der Waals surface area contributed by atoms with Crippen molar-refractivity contribution in [1.29, 1.82) is 0 Å². The van der Waals surface area contributed by atoms with Crippen LogP contribution in [0, 0.1) is 5.82 Å². The molecule has 2 aromatic rings. The van der Waals surface area contributed by atoms with Crippen molar-refractivity contribution in [2.24, 2.45) is 5.73 Å². The lowest BCUT2D eigenvalue weighted by molar-refractivity contribution is 0.432. The number of nitrogens with two attached hydrogens (primary N) is 3. The minimum atomic E-state index is -0.685. The summed E-state index contributed by atoms with van der Waals surface area (Å²) in [6, 6.07) is 8.54. The van der Waals surface area contributed by atoms with Gasteiger partial charge in [0.05, 0.1) is 0 Å². The maximum absolute atomic E-state index is 12.2. The molecule has 0 saturated heterocycles. The van der Waals surface area contributed by atoms with Gasteiger partial charge in [0.1, 0.15) is 5.75 Å². The number of benzene rings is 2. The summed E-state index contributed by atoms with van der Waals surface area (Å²) in [5.74, 6) is -0.851. The average molecular weight is 265 g/mol. The molecule has 5 nitrogen and oxygen atoms in total. The summed E-state index contributed by atoms with van der Waals surface area (Å²) >= 11 is 0. The van der Waals surface area contributed by atoms with Gasteiger partial charge in [-0.15, -0.1) is 0 Å². The van der Waals surface area contributed by atoms with Crippen molar-refractivity contribution in [1.82, 2.24) is 0 Å². The summed E-state index contributed by atoms with van der Waals surface area (Å²) in [6.45, 7) is 0.316. The van der Waals surface area contributed by atoms with Crippen molar-refractivity contribution in [2.45, 2.75) is 6.54 Å². The van der Waals surface area contributed by atoms with Crippen molar-refractivity contribution < 1.29 is 14.6 Å². The fourth-order valence-electron chi connectivity index (χ4n) is 1.29. The van der Waals surface area contributed by atoms with Crippen LogP contribution < -0.4 is 17.2 Å². The van der Waals surface area contributed by atoms with E-state index in [0.29, 0.717) is 23.5 Å². The van der Waals surface area contributed by atoms with Gasteiger partial charge in [-0.3, -0.25) is 0 Å². The normalized spacial score (nSPS) is 9.58. The molecule has 0 aliphatic carbocycles. The standard InChI is InChI=1S/C7H10N2O.C6H6FNO/c8-4-5-3-6(9)1-2-7(5)10;7-5-3-4(8)1-2-6(5)9/h1-3,10H,4,8-9H2;1-3,9H,8H2. The third-order valence-electron chi connectivity index (χ3n) is 2.30. The molecule has 0 heterocycles. The van der Waals surface area contributed by atoms with Crippen LogP contribution in [-0.2, 0) is 6.54 Å². The van der Waals surface area contributed by atoms with Crippen LogP contribution in [0.3, 0.4) is 0 Å². The molecule has 19 heavy (non-hydrogen) atoms. The van der Waals surface area contributed by atoms with E-state index < -0.39 is 5.82 Å². The van der Waals surface area contributed by atoms with Crippen LogP contribution >= 0.6 is 0 Å². The van der Waals surface area contributed by atoms with Crippen molar-refractivity contribution >= 4 is 11.4 Å². The number of phenols is 2. The smallest absolute Gasteiger partial charge is 0.166 e. The molecule has 0 amide bonds. The predicted molar refractivity (Wildman–Crippen MR) is 72.9 cm³/mol. The van der Waals surface area contributed by atoms with Crippen LogP contribution in [0.2, 0.25) is 0 Å². The molecule has 0 spiro atoms. The highest BCUT2D eigenvalue weighted by molar-refractivity contribution is 5.47. The third kappa shape index (κ3) is 4.36. The quantitative estimate of drug-likeness (QED) is 0.396. The molecular formula is C13H16FN3O2. The van der Waals surface area contributed by atoms with E-state index in [1.807, 2.05) is 0 Å². The molecule has 8 N–H and O–H groups in total. The number of hydrogen-bond donors (Lipinski definition) is 5. The fourth-order valence-corrected chi connectivity index (χ4v) is 1.29. The van der Waals surface area contributed by atoms with Crippen LogP contribution in [0.1, 0.15) is 5.56 Å². The van der Waals surface area contributed by atoms with Gasteiger partial charge in [-0.1, -0.05) is 0 Å². The highest BCUT2D eigenvalue weighted by Crippen LogP contribution is 2.18. The highest BCUT2D eigenvalue weighted by atomic mass is 19.1. The number of phenolic OH excluding ortho intramolecular Hbond substituents is 2. The Balaban J connectivity index is 0.000000191. The lowest BCUT2D eigenvalue weighted by Crippen LogP contribution is -1.97. The zero-order chi connectivity index (χ0) is 14.4. The topological polar surface area (TPSA) is 119 Å². The zero-order valence-electron chi connectivity index (χ0n) is 10.2. The Labute approximate surface area is 110 Å². The van der Waals surface area contributed by atoms with Crippen LogP contribution in [0.4, 0.5) is 15.8 Å². The number of aromatic hydroxyl groups is 2. The largest absolute Gasteiger partial charge is 0.508 e. The average Bonchev–Trinajstić information content (AvgIpc) is 2.38. The maximum Gasteiger partial charge on any atom is 0.166 e. The van der Waals surface area contributed by atoms with Gasteiger partial charge >= 0.3 is 0 Å². The molecule has 0 aliphatic rings. The molecule has 0 aromatic heterocycles. The molecule has 2 rings (SSSR count). The van der Waals surface area contributed by atoms with Crippen molar-refractivity contribution in [3.8, 4) is 11.5 Å². The Morgan fingerprint density at radius 3 is 1.84 bits per heavy atom. The Morgan fingerprint density at radius 2 is 1.42 bits per heavy atom. The van der Waals surface area contributed by atoms with Gasteiger partial charge in [-0.25, -0.2) is 4.39 Å². The number of halogens is 1. The SMILES string of the molecule is NCc1cc(N)ccc1O.Nc1ccc(O)c(F)c1. The van der Waals surface area contributed by atoms with Crippen molar-refractivity contribution in [2.75, 3.05) is 11.5 Å². The maximum atomic E-state index is 12.2. The molecule has 102 valence electrons. The molecule has 0 fully saturated rings. The molecule has 0 aliphatic heterocycles. The summed E-state index contributed by atoms with van der Waals surface area (Å²) in [5.41, 5.74) is 17.5. The van der Waals surface area contributed by atoms with Gasteiger partial charge in [0, 0.05) is 29.5 Å². The zero-order valence-corrected chi connectivity index (χ0v) is 10.2. The van der Waals surface area contributed by atoms with E-state index in [4.69, 9.17) is 27.4 Å². The first-order valence-electron chi connectivity index (χ1n) is 5.45. The second-order valence-corrected chi connectivity index (χ2v) is 3.80. The Kier molecular flexibility index (Phi) is 4.96. The first-order chi connectivity index (χ1) is 8.93. The first kappa shape index (κ1) is 14.6. The van der Waals surface area contributed by atoms with Gasteiger partial charge in [0.15, 0.2) is 11.6 Å².